The van der Waals surface area contributed by atoms with Crippen LogP contribution in [0.5, 0.6) is 0 Å². The number of nitrogens with zero attached hydrogens (tertiary/aromatic N) is 2. The van der Waals surface area contributed by atoms with E-state index >= 15 is 0 Å². The number of likely N-dealkylation sites (tertiary alicyclic amines) is 1. The minimum Gasteiger partial charge on any atom is -0.342 e. The topological polar surface area (TPSA) is 108 Å². The minimum absolute atomic E-state index is 0. The van der Waals surface area contributed by atoms with Gasteiger partial charge in [0.2, 0.25) is 11.8 Å². The fourth-order valence-corrected chi connectivity index (χ4v) is 5.66. The third-order valence-electron chi connectivity index (χ3n) is 7.73. The summed E-state index contributed by atoms with van der Waals surface area (Å²) in [5.74, 6) is -0.709. The van der Waals surface area contributed by atoms with Crippen molar-refractivity contribution in [1.82, 2.24) is 20.6 Å². The van der Waals surface area contributed by atoms with Crippen molar-refractivity contribution in [3.05, 3.63) is 35.4 Å². The molecule has 2 atom stereocenters. The molecule has 2 N–H and O–H groups in total. The number of benzene rings is 1. The quantitative estimate of drug-likeness (QED) is 0.557. The molecule has 10 heteroatoms. The van der Waals surface area contributed by atoms with E-state index in [0.717, 1.165) is 18.4 Å². The highest BCUT2D eigenvalue weighted by molar-refractivity contribution is 6.00. The van der Waals surface area contributed by atoms with Crippen molar-refractivity contribution in [1.29, 1.82) is 0 Å². The predicted octanol–water partition coefficient (Wildman–Crippen LogP) is 2.79. The smallest absolute Gasteiger partial charge is 0.332 e. The summed E-state index contributed by atoms with van der Waals surface area (Å²) in [6.07, 6.45) is 3.74. The first-order valence-electron chi connectivity index (χ1n) is 13.2. The van der Waals surface area contributed by atoms with Gasteiger partial charge in [-0.3, -0.25) is 14.4 Å². The average Bonchev–Trinajstić information content (AvgIpc) is 2.86. The number of hydrogen-bond acceptors (Lipinski definition) is 6. The van der Waals surface area contributed by atoms with Crippen molar-refractivity contribution in [2.24, 2.45) is 5.92 Å². The van der Waals surface area contributed by atoms with Crippen LogP contribution < -0.4 is 10.8 Å². The van der Waals surface area contributed by atoms with Crippen molar-refractivity contribution >= 4 is 36.1 Å². The lowest BCUT2D eigenvalue weighted by Gasteiger charge is -2.52. The third kappa shape index (κ3) is 6.26. The van der Waals surface area contributed by atoms with Gasteiger partial charge in [-0.15, -0.1) is 12.4 Å². The fourth-order valence-electron chi connectivity index (χ4n) is 5.66. The molecule has 37 heavy (non-hydrogen) atoms. The van der Waals surface area contributed by atoms with E-state index in [2.05, 4.69) is 36.5 Å². The largest absolute Gasteiger partial charge is 0.342 e. The highest BCUT2D eigenvalue weighted by Crippen LogP contribution is 2.35. The fraction of sp³-hybridized carbons (Fsp3) is 0.630. The Morgan fingerprint density at radius 1 is 1.08 bits per heavy atom. The Kier molecular flexibility index (Phi) is 9.58. The van der Waals surface area contributed by atoms with Gasteiger partial charge in [0, 0.05) is 37.7 Å². The van der Waals surface area contributed by atoms with Crippen LogP contribution >= 0.6 is 12.4 Å². The number of fused-ring (bicyclic) bond motifs is 7. The Bertz CT molecular complexity index is 991. The van der Waals surface area contributed by atoms with E-state index in [9.17, 15) is 19.2 Å². The molecule has 0 aliphatic carbocycles. The number of piperidine rings is 1. The Morgan fingerprint density at radius 2 is 1.76 bits per heavy atom. The van der Waals surface area contributed by atoms with Crippen molar-refractivity contribution in [3.63, 3.8) is 0 Å². The van der Waals surface area contributed by atoms with Crippen molar-refractivity contribution in [2.45, 2.75) is 76.8 Å². The van der Waals surface area contributed by atoms with E-state index in [4.69, 9.17) is 4.84 Å². The van der Waals surface area contributed by atoms with Gasteiger partial charge in [-0.05, 0) is 49.3 Å². The maximum Gasteiger partial charge on any atom is 0.332 e. The molecule has 3 amide bonds. The lowest BCUT2D eigenvalue weighted by molar-refractivity contribution is -0.161. The number of nitrogens with one attached hydrogen (secondary N) is 2. The third-order valence-corrected chi connectivity index (χ3v) is 7.73. The lowest BCUT2D eigenvalue weighted by atomic mass is 9.80. The Morgan fingerprint density at radius 3 is 2.38 bits per heavy atom. The number of amides is 3. The van der Waals surface area contributed by atoms with Crippen molar-refractivity contribution in [3.8, 4) is 0 Å². The zero-order valence-corrected chi connectivity index (χ0v) is 22.8. The number of carbonyl (C=O) groups is 4. The summed E-state index contributed by atoms with van der Waals surface area (Å²) >= 11 is 0. The van der Waals surface area contributed by atoms with Crippen LogP contribution in [0.3, 0.4) is 0 Å². The highest BCUT2D eigenvalue weighted by Gasteiger charge is 2.53. The molecule has 2 bridgehead atoms. The molecule has 1 aromatic carbocycles. The van der Waals surface area contributed by atoms with Crippen LogP contribution in [-0.4, -0.2) is 71.3 Å². The highest BCUT2D eigenvalue weighted by atomic mass is 35.5. The summed E-state index contributed by atoms with van der Waals surface area (Å²) in [7, 11) is 0. The van der Waals surface area contributed by atoms with Gasteiger partial charge in [-0.1, -0.05) is 39.3 Å². The zero-order chi connectivity index (χ0) is 25.9. The molecule has 4 heterocycles. The zero-order valence-electron chi connectivity index (χ0n) is 22.0. The number of hydroxylamine groups is 1. The van der Waals surface area contributed by atoms with Gasteiger partial charge >= 0.3 is 5.97 Å². The molecule has 0 aromatic heterocycles. The van der Waals surface area contributed by atoms with E-state index in [-0.39, 0.29) is 36.6 Å². The molecule has 5 rings (SSSR count). The summed E-state index contributed by atoms with van der Waals surface area (Å²) in [4.78, 5) is 60.3. The van der Waals surface area contributed by atoms with Crippen LogP contribution in [0.1, 0.15) is 81.1 Å². The van der Waals surface area contributed by atoms with Gasteiger partial charge in [0.15, 0.2) is 0 Å². The van der Waals surface area contributed by atoms with Crippen LogP contribution in [0.4, 0.5) is 0 Å². The van der Waals surface area contributed by atoms with Crippen molar-refractivity contribution in [2.75, 3.05) is 26.2 Å². The summed E-state index contributed by atoms with van der Waals surface area (Å²) in [5, 5.41) is 3.05. The minimum atomic E-state index is -0.808. The SMILES string of the molecule is CCCCN1C(=O)[C@H](CC(C)C)NC(=O)C12CCN(C[C@H]1CC(=O)ONC(=O)c3ccc1cc3)CC2.Cl. The molecule has 204 valence electrons. The van der Waals surface area contributed by atoms with Gasteiger partial charge in [0.05, 0.1) is 6.42 Å². The van der Waals surface area contributed by atoms with Gasteiger partial charge < -0.3 is 20.0 Å². The Labute approximate surface area is 225 Å². The van der Waals surface area contributed by atoms with Gasteiger partial charge in [-0.2, -0.15) is 5.48 Å². The van der Waals surface area contributed by atoms with Crippen LogP contribution in [0.25, 0.3) is 0 Å². The predicted molar refractivity (Wildman–Crippen MR) is 141 cm³/mol. The van der Waals surface area contributed by atoms with Gasteiger partial charge in [0.1, 0.15) is 11.6 Å². The second kappa shape index (κ2) is 12.3. The van der Waals surface area contributed by atoms with E-state index < -0.39 is 23.5 Å². The summed E-state index contributed by atoms with van der Waals surface area (Å²) in [5.41, 5.74) is 2.80. The first-order valence-corrected chi connectivity index (χ1v) is 13.2. The molecule has 4 aliphatic heterocycles. The lowest BCUT2D eigenvalue weighted by Crippen LogP contribution is -2.73. The number of rotatable bonds is 7. The maximum atomic E-state index is 13.5. The first-order chi connectivity index (χ1) is 17.2. The molecule has 0 saturated carbocycles. The van der Waals surface area contributed by atoms with Crippen LogP contribution in [-0.2, 0) is 19.2 Å². The molecule has 2 fully saturated rings. The molecule has 9 nitrogen and oxygen atoms in total. The van der Waals surface area contributed by atoms with Crippen molar-refractivity contribution < 1.29 is 24.0 Å². The summed E-state index contributed by atoms with van der Waals surface area (Å²) in [6.45, 7) is 8.75. The maximum absolute atomic E-state index is 13.5. The van der Waals surface area contributed by atoms with E-state index in [1.807, 2.05) is 17.0 Å². The number of carbonyl (C=O) groups excluding carboxylic acids is 4. The number of piperazine rings is 1. The number of hydrogen-bond donors (Lipinski definition) is 2. The van der Waals surface area contributed by atoms with Gasteiger partial charge in [-0.25, -0.2) is 4.79 Å². The summed E-state index contributed by atoms with van der Waals surface area (Å²) in [6, 6.07) is 6.80. The van der Waals surface area contributed by atoms with Crippen LogP contribution in [0.2, 0.25) is 0 Å². The second-order valence-corrected chi connectivity index (χ2v) is 10.8. The van der Waals surface area contributed by atoms with Crippen LogP contribution in [0.15, 0.2) is 24.3 Å². The number of unbranched alkanes of at least 4 members (excludes halogenated alkanes) is 1. The molecule has 0 radical (unpaired) electrons. The van der Waals surface area contributed by atoms with E-state index in [1.165, 1.54) is 0 Å². The molecule has 1 spiro atoms. The molecule has 2 saturated heterocycles. The standard InChI is InChI=1S/C27H38N4O5.ClH/c1-4-5-12-31-25(34)22(15-18(2)3)28-26(35)27(31)10-13-30(14-11-27)17-21-16-23(32)36-29-24(33)20-8-6-19(21)7-9-20;/h6-9,18,21-22H,4-5,10-17H2,1-3H3,(H,28,35)(H,29,33);1H/t21-,22+;/m1./s1. The Balaban J connectivity index is 0.00000380. The monoisotopic (exact) mass is 534 g/mol. The van der Waals surface area contributed by atoms with Crippen LogP contribution in [0, 0.1) is 5.92 Å². The number of halogens is 1. The molecular weight excluding hydrogens is 496 g/mol. The molecular formula is C27H39ClN4O5. The van der Waals surface area contributed by atoms with E-state index in [0.29, 0.717) is 56.9 Å². The van der Waals surface area contributed by atoms with Gasteiger partial charge in [0.25, 0.3) is 5.91 Å². The molecule has 0 unspecified atom stereocenters. The normalized spacial score (nSPS) is 23.9. The summed E-state index contributed by atoms with van der Waals surface area (Å²) < 4.78 is 0. The first kappa shape index (κ1) is 28.9. The molecule has 1 aromatic rings. The van der Waals surface area contributed by atoms with E-state index in [1.54, 1.807) is 12.1 Å². The average molecular weight is 535 g/mol. The second-order valence-electron chi connectivity index (χ2n) is 10.8. The Hall–Kier alpha value is -2.65. The molecule has 4 aliphatic rings.